The van der Waals surface area contributed by atoms with Crippen LogP contribution in [0.4, 0.5) is 0 Å². The third kappa shape index (κ3) is 3.86. The average molecular weight is 222 g/mol. The van der Waals surface area contributed by atoms with E-state index in [0.717, 1.165) is 25.4 Å². The summed E-state index contributed by atoms with van der Waals surface area (Å²) in [5.41, 5.74) is 2.57. The molecular weight excluding hydrogens is 198 g/mol. The first-order chi connectivity index (χ1) is 7.65. The van der Waals surface area contributed by atoms with Gasteiger partial charge in [0.1, 0.15) is 18.9 Å². The third-order valence-electron chi connectivity index (χ3n) is 2.75. The van der Waals surface area contributed by atoms with Crippen molar-refractivity contribution in [2.45, 2.75) is 33.6 Å². The lowest BCUT2D eigenvalue weighted by Gasteiger charge is -2.12. The van der Waals surface area contributed by atoms with Crippen molar-refractivity contribution >= 4 is 0 Å². The number of hydrogen-bond acceptors (Lipinski definition) is 1. The minimum absolute atomic E-state index is 0.560. The summed E-state index contributed by atoms with van der Waals surface area (Å²) in [4.78, 5) is 0. The molecule has 0 radical (unpaired) electrons. The summed E-state index contributed by atoms with van der Waals surface area (Å²) >= 11 is 0. The van der Waals surface area contributed by atoms with E-state index < -0.39 is 0 Å². The molecule has 16 heavy (non-hydrogen) atoms. The smallest absolute Gasteiger partial charge is 0.137 e. The number of ether oxygens (including phenoxy) is 1. The van der Waals surface area contributed by atoms with Gasteiger partial charge in [0.05, 0.1) is 6.54 Å². The van der Waals surface area contributed by atoms with Crippen LogP contribution in [0.3, 0.4) is 0 Å². The summed E-state index contributed by atoms with van der Waals surface area (Å²) in [6.07, 6.45) is 0. The number of aryl methyl sites for hydroxylation is 1. The summed E-state index contributed by atoms with van der Waals surface area (Å²) in [5.74, 6) is 1.60. The molecule has 0 unspecified atom stereocenters. The molecule has 1 aromatic carbocycles. The minimum Gasteiger partial charge on any atom is -0.487 e. The maximum Gasteiger partial charge on any atom is 0.137 e. The number of benzene rings is 1. The van der Waals surface area contributed by atoms with Crippen molar-refractivity contribution in [3.8, 4) is 5.75 Å². The highest BCUT2D eigenvalue weighted by Crippen LogP contribution is 2.23. The summed E-state index contributed by atoms with van der Waals surface area (Å²) in [6, 6.07) is 6.51. The van der Waals surface area contributed by atoms with Crippen molar-refractivity contribution in [3.63, 3.8) is 0 Å². The van der Waals surface area contributed by atoms with E-state index in [1.54, 1.807) is 0 Å². The fraction of sp³-hybridized carbons (Fsp3) is 0.571. The molecule has 0 aliphatic heterocycles. The maximum absolute atomic E-state index is 5.80. The minimum atomic E-state index is 0.560. The SMILES string of the molecule is CC[NH2+]CCOc1cc(C(C)C)ccc1C. The Morgan fingerprint density at radius 1 is 1.31 bits per heavy atom. The van der Waals surface area contributed by atoms with E-state index in [2.05, 4.69) is 51.2 Å². The Hall–Kier alpha value is -1.02. The molecule has 90 valence electrons. The highest BCUT2D eigenvalue weighted by Gasteiger charge is 2.04. The van der Waals surface area contributed by atoms with Crippen molar-refractivity contribution in [2.75, 3.05) is 19.7 Å². The summed E-state index contributed by atoms with van der Waals surface area (Å²) in [5, 5.41) is 2.25. The lowest BCUT2D eigenvalue weighted by molar-refractivity contribution is -0.652. The lowest BCUT2D eigenvalue weighted by Crippen LogP contribution is -2.84. The van der Waals surface area contributed by atoms with Crippen LogP contribution >= 0.6 is 0 Å². The van der Waals surface area contributed by atoms with Crippen LogP contribution in [0.5, 0.6) is 5.75 Å². The Labute approximate surface area is 99.0 Å². The molecule has 2 heteroatoms. The summed E-state index contributed by atoms with van der Waals surface area (Å²) in [7, 11) is 0. The van der Waals surface area contributed by atoms with Crippen molar-refractivity contribution in [1.29, 1.82) is 0 Å². The molecule has 1 rings (SSSR count). The molecule has 2 nitrogen and oxygen atoms in total. The fourth-order valence-electron chi connectivity index (χ4n) is 1.59. The van der Waals surface area contributed by atoms with Gasteiger partial charge in [-0.05, 0) is 37.0 Å². The van der Waals surface area contributed by atoms with E-state index in [9.17, 15) is 0 Å². The van der Waals surface area contributed by atoms with Gasteiger partial charge in [-0.2, -0.15) is 0 Å². The number of rotatable bonds is 6. The zero-order valence-corrected chi connectivity index (χ0v) is 10.9. The molecule has 0 atom stereocenters. The molecule has 0 aliphatic rings. The van der Waals surface area contributed by atoms with E-state index in [4.69, 9.17) is 4.74 Å². The number of likely N-dealkylation sites (N-methyl/N-ethyl adjacent to an activating group) is 1. The molecule has 0 saturated carbocycles. The van der Waals surface area contributed by atoms with Gasteiger partial charge in [0, 0.05) is 0 Å². The van der Waals surface area contributed by atoms with Crippen molar-refractivity contribution in [1.82, 2.24) is 0 Å². The largest absolute Gasteiger partial charge is 0.487 e. The van der Waals surface area contributed by atoms with Crippen LogP contribution in [0.15, 0.2) is 18.2 Å². The van der Waals surface area contributed by atoms with E-state index in [1.165, 1.54) is 11.1 Å². The zero-order chi connectivity index (χ0) is 12.0. The van der Waals surface area contributed by atoms with Gasteiger partial charge in [0.2, 0.25) is 0 Å². The second-order valence-corrected chi connectivity index (χ2v) is 4.51. The van der Waals surface area contributed by atoms with Gasteiger partial charge in [-0.3, -0.25) is 0 Å². The van der Waals surface area contributed by atoms with Crippen LogP contribution in [0.2, 0.25) is 0 Å². The van der Waals surface area contributed by atoms with Crippen LogP contribution in [-0.2, 0) is 0 Å². The van der Waals surface area contributed by atoms with Crippen molar-refractivity contribution in [2.24, 2.45) is 0 Å². The van der Waals surface area contributed by atoms with Gasteiger partial charge in [-0.1, -0.05) is 26.0 Å². The molecular formula is C14H24NO+. The number of hydrogen-bond donors (Lipinski definition) is 1. The van der Waals surface area contributed by atoms with Gasteiger partial charge in [-0.25, -0.2) is 0 Å². The Kier molecular flexibility index (Phi) is 5.33. The Morgan fingerprint density at radius 2 is 2.06 bits per heavy atom. The van der Waals surface area contributed by atoms with Gasteiger partial charge in [0.25, 0.3) is 0 Å². The quantitative estimate of drug-likeness (QED) is 0.733. The van der Waals surface area contributed by atoms with Crippen LogP contribution < -0.4 is 10.1 Å². The average Bonchev–Trinajstić information content (AvgIpc) is 2.26. The molecule has 0 aliphatic carbocycles. The maximum atomic E-state index is 5.80. The zero-order valence-electron chi connectivity index (χ0n) is 10.9. The summed E-state index contributed by atoms with van der Waals surface area (Å²) < 4.78 is 5.80. The molecule has 0 amide bonds. The van der Waals surface area contributed by atoms with E-state index in [1.807, 2.05) is 0 Å². The molecule has 2 N–H and O–H groups in total. The van der Waals surface area contributed by atoms with Gasteiger partial charge < -0.3 is 10.1 Å². The number of nitrogens with two attached hydrogens (primary N) is 1. The molecule has 0 bridgehead atoms. The highest BCUT2D eigenvalue weighted by atomic mass is 16.5. The molecule has 0 spiro atoms. The Morgan fingerprint density at radius 3 is 2.69 bits per heavy atom. The van der Waals surface area contributed by atoms with Crippen molar-refractivity contribution < 1.29 is 10.1 Å². The monoisotopic (exact) mass is 222 g/mol. The van der Waals surface area contributed by atoms with Crippen LogP contribution in [0, 0.1) is 6.92 Å². The first kappa shape index (κ1) is 13.0. The normalized spacial score (nSPS) is 10.8. The predicted molar refractivity (Wildman–Crippen MR) is 68.1 cm³/mol. The number of quaternary nitrogens is 1. The standard InChI is InChI=1S/C14H23NO/c1-5-15-8-9-16-14-10-13(11(2)3)7-6-12(14)4/h6-7,10-11,15H,5,8-9H2,1-4H3/p+1. The molecule has 1 aromatic rings. The van der Waals surface area contributed by atoms with Crippen LogP contribution in [0.1, 0.15) is 37.8 Å². The van der Waals surface area contributed by atoms with Gasteiger partial charge in [-0.15, -0.1) is 0 Å². The first-order valence-corrected chi connectivity index (χ1v) is 6.20. The first-order valence-electron chi connectivity index (χ1n) is 6.20. The second kappa shape index (κ2) is 6.54. The highest BCUT2D eigenvalue weighted by molar-refractivity contribution is 5.37. The van der Waals surface area contributed by atoms with Gasteiger partial charge >= 0.3 is 0 Å². The predicted octanol–water partition coefficient (Wildman–Crippen LogP) is 2.08. The topological polar surface area (TPSA) is 25.8 Å². The Bertz CT molecular complexity index is 321. The van der Waals surface area contributed by atoms with Crippen LogP contribution in [0.25, 0.3) is 0 Å². The summed E-state index contributed by atoms with van der Waals surface area (Å²) in [6.45, 7) is 11.6. The van der Waals surface area contributed by atoms with Gasteiger partial charge in [0.15, 0.2) is 0 Å². The van der Waals surface area contributed by atoms with E-state index >= 15 is 0 Å². The lowest BCUT2D eigenvalue weighted by atomic mass is 10.0. The van der Waals surface area contributed by atoms with Crippen LogP contribution in [-0.4, -0.2) is 19.7 Å². The van der Waals surface area contributed by atoms with Crippen molar-refractivity contribution in [3.05, 3.63) is 29.3 Å². The fourth-order valence-corrected chi connectivity index (χ4v) is 1.59. The Balaban J connectivity index is 2.60. The van der Waals surface area contributed by atoms with E-state index in [-0.39, 0.29) is 0 Å². The third-order valence-corrected chi connectivity index (χ3v) is 2.75. The molecule has 0 heterocycles. The van der Waals surface area contributed by atoms with E-state index in [0.29, 0.717) is 5.92 Å². The molecule has 0 fully saturated rings. The molecule has 0 aromatic heterocycles. The molecule has 0 saturated heterocycles. The second-order valence-electron chi connectivity index (χ2n) is 4.51.